The molecule has 0 radical (unpaired) electrons. The van der Waals surface area contributed by atoms with Crippen molar-refractivity contribution in [3.05, 3.63) is 82.8 Å². The Kier molecular flexibility index (Phi) is 5.54. The van der Waals surface area contributed by atoms with Crippen molar-refractivity contribution in [1.29, 1.82) is 0 Å². The van der Waals surface area contributed by atoms with Crippen LogP contribution in [0.5, 0.6) is 0 Å². The van der Waals surface area contributed by atoms with Crippen LogP contribution in [0.4, 0.5) is 18.9 Å². The van der Waals surface area contributed by atoms with E-state index in [9.17, 15) is 21.6 Å². The van der Waals surface area contributed by atoms with Gasteiger partial charge < -0.3 is 0 Å². The number of nitrogens with one attached hydrogen (secondary N) is 1. The Morgan fingerprint density at radius 2 is 1.68 bits per heavy atom. The van der Waals surface area contributed by atoms with Gasteiger partial charge in [-0.25, -0.2) is 13.1 Å². The van der Waals surface area contributed by atoms with E-state index in [1.54, 1.807) is 17.5 Å². The minimum Gasteiger partial charge on any atom is -0.280 e. The lowest BCUT2D eigenvalue weighted by molar-refractivity contribution is -0.141. The van der Waals surface area contributed by atoms with Crippen LogP contribution < -0.4 is 4.72 Å². The number of hydrogen-bond donors (Lipinski definition) is 1. The van der Waals surface area contributed by atoms with E-state index in [0.29, 0.717) is 15.6 Å². The second kappa shape index (κ2) is 8.03. The van der Waals surface area contributed by atoms with E-state index in [2.05, 4.69) is 9.82 Å². The minimum atomic E-state index is -4.59. The lowest BCUT2D eigenvalue weighted by atomic mass is 10.2. The summed E-state index contributed by atoms with van der Waals surface area (Å²) in [6.45, 7) is 0. The highest BCUT2D eigenvalue weighted by Gasteiger charge is 2.35. The third-order valence-corrected chi connectivity index (χ3v) is 6.80. The molecule has 5 nitrogen and oxygen atoms in total. The minimum absolute atomic E-state index is 0.0304. The normalized spacial score (nSPS) is 12.1. The van der Waals surface area contributed by atoms with Crippen molar-refractivity contribution in [1.82, 2.24) is 9.78 Å². The maximum Gasteiger partial charge on any atom is 0.435 e. The largest absolute Gasteiger partial charge is 0.435 e. The summed E-state index contributed by atoms with van der Waals surface area (Å²) in [5.41, 5.74) is -0.117. The van der Waals surface area contributed by atoms with Gasteiger partial charge in [-0.05, 0) is 66.0 Å². The fourth-order valence-corrected chi connectivity index (χ4v) is 4.73. The molecule has 0 amide bonds. The molecule has 0 aliphatic rings. The van der Waals surface area contributed by atoms with Crippen LogP contribution >= 0.6 is 22.9 Å². The molecule has 2 aromatic carbocycles. The van der Waals surface area contributed by atoms with Gasteiger partial charge in [0.1, 0.15) is 0 Å². The number of thiophene rings is 1. The number of anilines is 1. The van der Waals surface area contributed by atoms with Gasteiger partial charge in [0.05, 0.1) is 21.2 Å². The van der Waals surface area contributed by atoms with E-state index in [4.69, 9.17) is 11.6 Å². The predicted octanol–water partition coefficient (Wildman–Crippen LogP) is 6.07. The maximum atomic E-state index is 13.2. The molecule has 0 fully saturated rings. The van der Waals surface area contributed by atoms with Crippen LogP contribution in [0.25, 0.3) is 16.3 Å². The fourth-order valence-electron chi connectivity index (χ4n) is 2.81. The van der Waals surface area contributed by atoms with E-state index >= 15 is 0 Å². The lowest BCUT2D eigenvalue weighted by Gasteiger charge is -2.10. The van der Waals surface area contributed by atoms with Gasteiger partial charge in [-0.2, -0.15) is 18.3 Å². The van der Waals surface area contributed by atoms with E-state index in [-0.39, 0.29) is 16.3 Å². The Morgan fingerprint density at radius 3 is 2.26 bits per heavy atom. The average Bonchev–Trinajstić information content (AvgIpc) is 3.38. The number of nitrogens with zero attached hydrogens (tertiary/aromatic N) is 2. The maximum absolute atomic E-state index is 13.2. The first-order chi connectivity index (χ1) is 14.6. The fraction of sp³-hybridized carbons (Fsp3) is 0.0500. The van der Waals surface area contributed by atoms with Crippen LogP contribution in [0.15, 0.2) is 77.0 Å². The van der Waals surface area contributed by atoms with E-state index in [0.717, 1.165) is 6.07 Å². The molecule has 0 saturated carbocycles. The van der Waals surface area contributed by atoms with Gasteiger partial charge in [-0.3, -0.25) is 4.72 Å². The smallest absolute Gasteiger partial charge is 0.280 e. The molecule has 11 heteroatoms. The van der Waals surface area contributed by atoms with Crippen LogP contribution in [0, 0.1) is 0 Å². The molecule has 0 saturated heterocycles. The summed E-state index contributed by atoms with van der Waals surface area (Å²) >= 11 is 7.07. The molecular formula is C20H13ClF3N3O2S2. The zero-order chi connectivity index (χ0) is 22.2. The second-order valence-electron chi connectivity index (χ2n) is 6.41. The third kappa shape index (κ3) is 4.60. The van der Waals surface area contributed by atoms with Crippen molar-refractivity contribution in [3.8, 4) is 16.3 Å². The molecule has 0 aliphatic carbocycles. The number of benzene rings is 2. The molecule has 160 valence electrons. The van der Waals surface area contributed by atoms with Crippen LogP contribution in [0.2, 0.25) is 5.02 Å². The first-order valence-electron chi connectivity index (χ1n) is 8.73. The molecule has 4 aromatic rings. The van der Waals surface area contributed by atoms with Gasteiger partial charge in [0.15, 0.2) is 5.69 Å². The van der Waals surface area contributed by atoms with Crippen LogP contribution in [-0.2, 0) is 16.2 Å². The Balaban J connectivity index is 1.66. The Labute approximate surface area is 184 Å². The summed E-state index contributed by atoms with van der Waals surface area (Å²) in [6, 6.07) is 16.0. The monoisotopic (exact) mass is 483 g/mol. The molecule has 0 bridgehead atoms. The van der Waals surface area contributed by atoms with Gasteiger partial charge >= 0.3 is 6.18 Å². The number of aromatic nitrogens is 2. The summed E-state index contributed by atoms with van der Waals surface area (Å²) in [5.74, 6) is 0. The third-order valence-electron chi connectivity index (χ3n) is 4.26. The van der Waals surface area contributed by atoms with Gasteiger partial charge in [0.25, 0.3) is 10.0 Å². The van der Waals surface area contributed by atoms with Crippen molar-refractivity contribution >= 4 is 38.6 Å². The SMILES string of the molecule is O=S(=O)(Nc1ccc(-n2nc(C(F)(F)F)cc2-c2cccs2)cc1)c1ccc(Cl)cc1. The topological polar surface area (TPSA) is 64.0 Å². The van der Waals surface area contributed by atoms with Crippen molar-refractivity contribution in [2.75, 3.05) is 4.72 Å². The highest BCUT2D eigenvalue weighted by atomic mass is 35.5. The van der Waals surface area contributed by atoms with Gasteiger partial charge in [0.2, 0.25) is 0 Å². The predicted molar refractivity (Wildman–Crippen MR) is 114 cm³/mol. The molecule has 0 atom stereocenters. The molecule has 4 rings (SSSR count). The summed E-state index contributed by atoms with van der Waals surface area (Å²) in [6.07, 6.45) is -4.59. The number of hydrogen-bond acceptors (Lipinski definition) is 4. The van der Waals surface area contributed by atoms with Gasteiger partial charge in [-0.1, -0.05) is 17.7 Å². The Morgan fingerprint density at radius 1 is 1.00 bits per heavy atom. The molecule has 0 unspecified atom stereocenters. The first kappa shape index (κ1) is 21.4. The second-order valence-corrected chi connectivity index (χ2v) is 9.47. The number of rotatable bonds is 5. The van der Waals surface area contributed by atoms with Gasteiger partial charge in [-0.15, -0.1) is 11.3 Å². The van der Waals surface area contributed by atoms with Crippen molar-refractivity contribution in [3.63, 3.8) is 0 Å². The summed E-state index contributed by atoms with van der Waals surface area (Å²) in [5, 5.41) is 5.88. The molecular weight excluding hydrogens is 471 g/mol. The van der Waals surface area contributed by atoms with Crippen molar-refractivity contribution in [2.45, 2.75) is 11.1 Å². The molecule has 2 heterocycles. The lowest BCUT2D eigenvalue weighted by Crippen LogP contribution is -2.13. The highest BCUT2D eigenvalue weighted by molar-refractivity contribution is 7.92. The Bertz CT molecular complexity index is 1300. The Hall–Kier alpha value is -2.82. The number of alkyl halides is 3. The van der Waals surface area contributed by atoms with Crippen LogP contribution in [-0.4, -0.2) is 18.2 Å². The first-order valence-corrected chi connectivity index (χ1v) is 11.5. The summed E-state index contributed by atoms with van der Waals surface area (Å²) < 4.78 is 68.3. The highest BCUT2D eigenvalue weighted by Crippen LogP contribution is 2.35. The van der Waals surface area contributed by atoms with Crippen molar-refractivity contribution < 1.29 is 21.6 Å². The van der Waals surface area contributed by atoms with Crippen LogP contribution in [0.1, 0.15) is 5.69 Å². The quantitative estimate of drug-likeness (QED) is 0.374. The molecule has 1 N–H and O–H groups in total. The number of sulfonamides is 1. The summed E-state index contributed by atoms with van der Waals surface area (Å²) in [4.78, 5) is 0.651. The van der Waals surface area contributed by atoms with E-state index in [1.165, 1.54) is 64.5 Å². The average molecular weight is 484 g/mol. The zero-order valence-corrected chi connectivity index (χ0v) is 17.9. The van der Waals surface area contributed by atoms with E-state index < -0.39 is 21.9 Å². The number of halogens is 4. The van der Waals surface area contributed by atoms with Gasteiger partial charge in [0, 0.05) is 10.7 Å². The molecule has 0 spiro atoms. The molecule has 0 aliphatic heterocycles. The molecule has 31 heavy (non-hydrogen) atoms. The molecule has 2 aromatic heterocycles. The standard InChI is InChI=1S/C20H13ClF3N3O2S2/c21-13-3-9-16(10-4-13)31(28,29)26-14-5-7-15(8-6-14)27-17(18-2-1-11-30-18)12-19(25-27)20(22,23)24/h1-12,26H. The zero-order valence-electron chi connectivity index (χ0n) is 15.5. The van der Waals surface area contributed by atoms with E-state index in [1.807, 2.05) is 0 Å². The summed E-state index contributed by atoms with van der Waals surface area (Å²) in [7, 11) is -3.84. The van der Waals surface area contributed by atoms with Crippen LogP contribution in [0.3, 0.4) is 0 Å². The van der Waals surface area contributed by atoms with Crippen molar-refractivity contribution in [2.24, 2.45) is 0 Å².